The number of hydrogen-bond acceptors (Lipinski definition) is 9. The van der Waals surface area contributed by atoms with E-state index in [1.165, 1.54) is 18.2 Å². The van der Waals surface area contributed by atoms with E-state index >= 15 is 0 Å². The largest absolute Gasteiger partial charge is 0.494 e. The monoisotopic (exact) mass is 711 g/mol. The molecule has 1 aromatic carbocycles. The van der Waals surface area contributed by atoms with Crippen LogP contribution in [0.15, 0.2) is 42.6 Å². The second-order valence-corrected chi connectivity index (χ2v) is 16.2. The van der Waals surface area contributed by atoms with E-state index in [0.29, 0.717) is 36.8 Å². The van der Waals surface area contributed by atoms with Gasteiger partial charge in [0.2, 0.25) is 27.7 Å². The highest BCUT2D eigenvalue weighted by Crippen LogP contribution is 2.46. The smallest absolute Gasteiger partial charge is 0.405 e. The summed E-state index contributed by atoms with van der Waals surface area (Å²) in [6.45, 7) is 3.79. The van der Waals surface area contributed by atoms with Crippen molar-refractivity contribution in [1.82, 2.24) is 25.2 Å². The molecular weight excluding hydrogens is 666 g/mol. The van der Waals surface area contributed by atoms with Gasteiger partial charge in [0.1, 0.15) is 29.5 Å². The maximum atomic E-state index is 14.3. The number of aromatic nitrogens is 1. The van der Waals surface area contributed by atoms with Gasteiger partial charge in [0, 0.05) is 23.1 Å². The molecule has 50 heavy (non-hydrogen) atoms. The van der Waals surface area contributed by atoms with Crippen molar-refractivity contribution in [2.24, 2.45) is 17.8 Å². The second-order valence-electron chi connectivity index (χ2n) is 14.2. The molecule has 0 spiro atoms. The number of nitrogens with one attached hydrogen (secondary N) is 3. The zero-order valence-electron chi connectivity index (χ0n) is 28.5. The molecule has 14 nitrogen and oxygen atoms in total. The van der Waals surface area contributed by atoms with Crippen molar-refractivity contribution in [3.63, 3.8) is 0 Å². The summed E-state index contributed by atoms with van der Waals surface area (Å²) in [5.74, 6) is -1.95. The van der Waals surface area contributed by atoms with Crippen LogP contribution in [-0.2, 0) is 24.4 Å². The molecule has 3 fully saturated rings. The highest BCUT2D eigenvalue weighted by atomic mass is 32.2. The van der Waals surface area contributed by atoms with Crippen LogP contribution < -0.4 is 24.8 Å². The maximum Gasteiger partial charge on any atom is 0.405 e. The molecule has 4 aliphatic rings. The molecular formula is C35H45N5O9S. The summed E-state index contributed by atoms with van der Waals surface area (Å²) in [6.07, 6.45) is 7.07. The van der Waals surface area contributed by atoms with Crippen LogP contribution >= 0.6 is 0 Å². The van der Waals surface area contributed by atoms with Gasteiger partial charge in [-0.15, -0.1) is 0 Å². The van der Waals surface area contributed by atoms with Gasteiger partial charge in [-0.2, -0.15) is 0 Å². The number of carbonyl (C=O) groups excluding carboxylic acids is 3. The molecule has 7 atom stereocenters. The molecule has 1 saturated heterocycles. The van der Waals surface area contributed by atoms with E-state index in [-0.39, 0.29) is 31.2 Å². The molecule has 0 radical (unpaired) electrons. The van der Waals surface area contributed by atoms with Gasteiger partial charge in [0.05, 0.1) is 25.1 Å². The number of carbonyl (C=O) groups is 4. The lowest BCUT2D eigenvalue weighted by Gasteiger charge is -2.32. The minimum Gasteiger partial charge on any atom is -0.494 e. The van der Waals surface area contributed by atoms with E-state index in [9.17, 15) is 32.7 Å². The number of rotatable bonds is 7. The lowest BCUT2D eigenvalue weighted by molar-refractivity contribution is -0.142. The first-order valence-electron chi connectivity index (χ1n) is 17.3. The van der Waals surface area contributed by atoms with Crippen LogP contribution in [0.4, 0.5) is 4.79 Å². The first-order chi connectivity index (χ1) is 23.8. The SMILES string of the molecule is COc1cnc(O[C@@H]2C[C@H]3C(=O)N[C@]4(C(=O)NS(=O)(=O)C5CCC5)C[C@H]4C=CCCC(C)C[C@@H](C)[C@H](NC(=O)O)C(=O)N3C2)c2ccccc12. The van der Waals surface area contributed by atoms with Crippen molar-refractivity contribution in [2.45, 2.75) is 94.2 Å². The van der Waals surface area contributed by atoms with E-state index < -0.39 is 74.7 Å². The Labute approximate surface area is 291 Å². The van der Waals surface area contributed by atoms with Crippen molar-refractivity contribution < 1.29 is 42.2 Å². The Morgan fingerprint density at radius 3 is 2.52 bits per heavy atom. The molecule has 270 valence electrons. The molecule has 1 aromatic heterocycles. The van der Waals surface area contributed by atoms with Gasteiger partial charge < -0.3 is 30.1 Å². The van der Waals surface area contributed by atoms with E-state index in [1.54, 1.807) is 0 Å². The van der Waals surface area contributed by atoms with E-state index in [1.807, 2.05) is 50.3 Å². The third-order valence-corrected chi connectivity index (χ3v) is 12.5. The predicted octanol–water partition coefficient (Wildman–Crippen LogP) is 3.11. The molecule has 15 heteroatoms. The fraction of sp³-hybridized carbons (Fsp3) is 0.571. The number of amides is 4. The van der Waals surface area contributed by atoms with Gasteiger partial charge >= 0.3 is 6.09 Å². The molecule has 2 saturated carbocycles. The van der Waals surface area contributed by atoms with E-state index in [2.05, 4.69) is 20.3 Å². The number of hydrogen-bond donors (Lipinski definition) is 4. The molecule has 4 amide bonds. The number of methoxy groups -OCH3 is 1. The minimum absolute atomic E-state index is 0.0166. The normalized spacial score (nSPS) is 30.5. The predicted molar refractivity (Wildman–Crippen MR) is 183 cm³/mol. The summed E-state index contributed by atoms with van der Waals surface area (Å²) in [5, 5.41) is 15.7. The Bertz CT molecular complexity index is 1800. The van der Waals surface area contributed by atoms with Crippen molar-refractivity contribution in [1.29, 1.82) is 0 Å². The Morgan fingerprint density at radius 2 is 1.84 bits per heavy atom. The minimum atomic E-state index is -3.93. The first-order valence-corrected chi connectivity index (χ1v) is 18.8. The molecule has 3 heterocycles. The third kappa shape index (κ3) is 7.10. The molecule has 6 rings (SSSR count). The maximum absolute atomic E-state index is 14.3. The van der Waals surface area contributed by atoms with Crippen LogP contribution in [0.3, 0.4) is 0 Å². The zero-order valence-corrected chi connectivity index (χ0v) is 29.3. The number of pyridine rings is 1. The fourth-order valence-electron chi connectivity index (χ4n) is 7.49. The van der Waals surface area contributed by atoms with Gasteiger partial charge in [-0.25, -0.2) is 18.2 Å². The summed E-state index contributed by atoms with van der Waals surface area (Å²) < 4.78 is 40.0. The van der Waals surface area contributed by atoms with Crippen molar-refractivity contribution in [3.8, 4) is 11.6 Å². The van der Waals surface area contributed by atoms with Gasteiger partial charge in [-0.05, 0) is 56.4 Å². The first kappa shape index (κ1) is 35.4. The summed E-state index contributed by atoms with van der Waals surface area (Å²) in [7, 11) is -2.39. The highest BCUT2D eigenvalue weighted by Gasteiger charge is 2.62. The van der Waals surface area contributed by atoms with Gasteiger partial charge in [-0.3, -0.25) is 19.1 Å². The van der Waals surface area contributed by atoms with Gasteiger partial charge in [0.25, 0.3) is 5.91 Å². The number of nitrogens with zero attached hydrogens (tertiary/aromatic N) is 2. The summed E-state index contributed by atoms with van der Waals surface area (Å²) in [6, 6.07) is 5.06. The number of carboxylic acid groups (broad SMARTS) is 1. The third-order valence-electron chi connectivity index (χ3n) is 10.6. The molecule has 0 bridgehead atoms. The van der Waals surface area contributed by atoms with Crippen LogP contribution in [0.25, 0.3) is 10.8 Å². The summed E-state index contributed by atoms with van der Waals surface area (Å²) in [4.78, 5) is 60.0. The van der Waals surface area contributed by atoms with Crippen molar-refractivity contribution >= 4 is 44.6 Å². The fourth-order valence-corrected chi connectivity index (χ4v) is 9.05. The van der Waals surface area contributed by atoms with Gasteiger partial charge in [-0.1, -0.05) is 50.6 Å². The van der Waals surface area contributed by atoms with Crippen molar-refractivity contribution in [2.75, 3.05) is 13.7 Å². The van der Waals surface area contributed by atoms with Crippen molar-refractivity contribution in [3.05, 3.63) is 42.6 Å². The molecule has 2 aromatic rings. The number of ether oxygens (including phenoxy) is 2. The number of fused-ring (bicyclic) bond motifs is 3. The lowest BCUT2D eigenvalue weighted by atomic mass is 9.88. The molecule has 2 aliphatic heterocycles. The Balaban J connectivity index is 1.33. The number of sulfonamides is 1. The highest BCUT2D eigenvalue weighted by molar-refractivity contribution is 7.90. The molecule has 1 unspecified atom stereocenters. The van der Waals surface area contributed by atoms with Crippen LogP contribution in [0.1, 0.15) is 65.2 Å². The summed E-state index contributed by atoms with van der Waals surface area (Å²) >= 11 is 0. The van der Waals surface area contributed by atoms with Crippen LogP contribution in [0, 0.1) is 17.8 Å². The Kier molecular flexibility index (Phi) is 9.98. The Morgan fingerprint density at radius 1 is 1.10 bits per heavy atom. The standard InChI is InChI=1S/C35H45N5O9S/c1-20-9-4-5-10-22-17-35(22,33(43)39-50(46,47)24-11-8-12-24)38-30(41)27-16-23(19-40(27)32(42)29(21(2)15-20)37-34(44)45)49-31-26-14-7-6-13-25(26)28(48-3)18-36-31/h5-7,10,13-14,18,20-24,27,29,37H,4,8-9,11-12,15-17,19H2,1-3H3,(H,38,41)(H,39,43)(H,44,45)/t20?,21-,22-,23-,27+,29+,35-/m1/s1. The lowest BCUT2D eigenvalue weighted by Crippen LogP contribution is -2.59. The zero-order chi connectivity index (χ0) is 35.8. The van der Waals surface area contributed by atoms with E-state index in [0.717, 1.165) is 18.2 Å². The van der Waals surface area contributed by atoms with Gasteiger partial charge in [0.15, 0.2) is 0 Å². The summed E-state index contributed by atoms with van der Waals surface area (Å²) in [5.41, 5.74) is -1.52. The van der Waals surface area contributed by atoms with Crippen LogP contribution in [0.5, 0.6) is 11.6 Å². The van der Waals surface area contributed by atoms with Crippen LogP contribution in [-0.4, -0.2) is 89.9 Å². The number of benzene rings is 1. The quantitative estimate of drug-likeness (QED) is 0.310. The average molecular weight is 712 g/mol. The topological polar surface area (TPSA) is 193 Å². The molecule has 2 aliphatic carbocycles. The van der Waals surface area contributed by atoms with Crippen LogP contribution in [0.2, 0.25) is 0 Å². The average Bonchev–Trinajstić information content (AvgIpc) is 3.57. The Hall–Kier alpha value is -4.40. The molecule has 4 N–H and O–H groups in total. The number of allylic oxidation sites excluding steroid dienone is 1. The van der Waals surface area contributed by atoms with E-state index in [4.69, 9.17) is 9.47 Å². The second kappa shape index (κ2) is 14.1.